The van der Waals surface area contributed by atoms with Crippen molar-refractivity contribution in [1.29, 1.82) is 0 Å². The lowest BCUT2D eigenvalue weighted by Crippen LogP contribution is -2.39. The van der Waals surface area contributed by atoms with E-state index in [-0.39, 0.29) is 13.1 Å². The third kappa shape index (κ3) is 4.98. The number of nitrogens with two attached hydrogens (primary N) is 3. The van der Waals surface area contributed by atoms with E-state index in [1.54, 1.807) is 23.1 Å². The van der Waals surface area contributed by atoms with Gasteiger partial charge in [0.05, 0.1) is 13.1 Å². The Kier molecular flexibility index (Phi) is 4.47. The van der Waals surface area contributed by atoms with E-state index in [0.29, 0.717) is 12.2 Å². The molecule has 0 spiro atoms. The molecule has 0 unspecified atom stereocenters. The van der Waals surface area contributed by atoms with Crippen molar-refractivity contribution in [3.8, 4) is 0 Å². The van der Waals surface area contributed by atoms with Crippen LogP contribution in [0.4, 0.5) is 5.69 Å². The summed E-state index contributed by atoms with van der Waals surface area (Å²) in [5.74, 6) is -1.01. The fraction of sp³-hybridized carbons (Fsp3) is 0.273. The maximum atomic E-state index is 10.9. The summed E-state index contributed by atoms with van der Waals surface area (Å²) in [6.07, 6.45) is 0. The first-order valence-electron chi connectivity index (χ1n) is 5.10. The van der Waals surface area contributed by atoms with Crippen LogP contribution in [0.3, 0.4) is 0 Å². The molecular weight excluding hydrogens is 220 g/mol. The monoisotopic (exact) mass is 236 g/mol. The minimum Gasteiger partial charge on any atom is -0.399 e. The molecule has 92 valence electrons. The highest BCUT2D eigenvalue weighted by Gasteiger charge is 2.11. The van der Waals surface area contributed by atoms with Crippen LogP contribution in [0.15, 0.2) is 24.3 Å². The van der Waals surface area contributed by atoms with Gasteiger partial charge < -0.3 is 17.2 Å². The van der Waals surface area contributed by atoms with Crippen molar-refractivity contribution in [2.45, 2.75) is 6.54 Å². The maximum Gasteiger partial charge on any atom is 0.231 e. The molecule has 0 aliphatic carbocycles. The molecule has 0 aliphatic heterocycles. The van der Waals surface area contributed by atoms with Gasteiger partial charge >= 0.3 is 0 Å². The Bertz CT molecular complexity index is 404. The highest BCUT2D eigenvalue weighted by Crippen LogP contribution is 2.09. The number of amides is 2. The number of carbonyl (C=O) groups excluding carboxylic acids is 2. The molecule has 2 amide bonds. The zero-order valence-corrected chi connectivity index (χ0v) is 9.43. The van der Waals surface area contributed by atoms with Crippen LogP contribution >= 0.6 is 0 Å². The van der Waals surface area contributed by atoms with Gasteiger partial charge in [0.1, 0.15) is 0 Å². The van der Waals surface area contributed by atoms with E-state index >= 15 is 0 Å². The van der Waals surface area contributed by atoms with Gasteiger partial charge in [0.15, 0.2) is 0 Å². The minimum atomic E-state index is -0.504. The molecule has 0 atom stereocenters. The second kappa shape index (κ2) is 5.86. The van der Waals surface area contributed by atoms with E-state index in [9.17, 15) is 9.59 Å². The molecule has 0 saturated heterocycles. The average molecular weight is 236 g/mol. The number of benzene rings is 1. The summed E-state index contributed by atoms with van der Waals surface area (Å²) in [5.41, 5.74) is 17.3. The van der Waals surface area contributed by atoms with E-state index in [0.717, 1.165) is 5.56 Å². The average Bonchev–Trinajstić information content (AvgIpc) is 2.14. The van der Waals surface area contributed by atoms with Gasteiger partial charge in [-0.3, -0.25) is 14.5 Å². The maximum absolute atomic E-state index is 10.9. The van der Waals surface area contributed by atoms with Gasteiger partial charge in [-0.05, 0) is 17.7 Å². The van der Waals surface area contributed by atoms with Crippen LogP contribution in [0.5, 0.6) is 0 Å². The fourth-order valence-corrected chi connectivity index (χ4v) is 1.56. The molecule has 0 aromatic heterocycles. The highest BCUT2D eigenvalue weighted by atomic mass is 16.2. The summed E-state index contributed by atoms with van der Waals surface area (Å²) < 4.78 is 0. The van der Waals surface area contributed by atoms with Crippen molar-refractivity contribution >= 4 is 17.5 Å². The summed E-state index contributed by atoms with van der Waals surface area (Å²) in [7, 11) is 0. The standard InChI is InChI=1S/C11H16N4O2/c12-9-3-1-2-8(4-9)5-15(6-10(13)16)7-11(14)17/h1-4H,5-7,12H2,(H2,13,16)(H2,14,17). The lowest BCUT2D eigenvalue weighted by Gasteiger charge is -2.19. The van der Waals surface area contributed by atoms with Crippen LogP contribution in [0.2, 0.25) is 0 Å². The molecule has 1 rings (SSSR count). The Balaban J connectivity index is 2.71. The van der Waals surface area contributed by atoms with Crippen molar-refractivity contribution in [3.63, 3.8) is 0 Å². The van der Waals surface area contributed by atoms with Crippen molar-refractivity contribution in [2.24, 2.45) is 11.5 Å². The Morgan fingerprint density at radius 1 is 1.12 bits per heavy atom. The Morgan fingerprint density at radius 2 is 1.71 bits per heavy atom. The summed E-state index contributed by atoms with van der Waals surface area (Å²) in [5, 5.41) is 0. The van der Waals surface area contributed by atoms with Gasteiger partial charge in [0, 0.05) is 12.2 Å². The third-order valence-corrected chi connectivity index (χ3v) is 2.12. The number of hydrogen-bond acceptors (Lipinski definition) is 4. The van der Waals surface area contributed by atoms with Gasteiger partial charge in [0.25, 0.3) is 0 Å². The topological polar surface area (TPSA) is 115 Å². The first kappa shape index (κ1) is 13.0. The largest absolute Gasteiger partial charge is 0.399 e. The summed E-state index contributed by atoms with van der Waals surface area (Å²) in [6.45, 7) is 0.367. The quantitative estimate of drug-likeness (QED) is 0.552. The van der Waals surface area contributed by atoms with Crippen LogP contribution in [-0.4, -0.2) is 29.8 Å². The normalized spacial score (nSPS) is 10.4. The van der Waals surface area contributed by atoms with Crippen molar-refractivity contribution in [1.82, 2.24) is 4.90 Å². The zero-order chi connectivity index (χ0) is 12.8. The van der Waals surface area contributed by atoms with Crippen LogP contribution in [0.25, 0.3) is 0 Å². The Morgan fingerprint density at radius 3 is 2.18 bits per heavy atom. The van der Waals surface area contributed by atoms with Gasteiger partial charge in [-0.15, -0.1) is 0 Å². The van der Waals surface area contributed by atoms with E-state index in [1.165, 1.54) is 0 Å². The molecule has 6 heteroatoms. The second-order valence-corrected chi connectivity index (χ2v) is 3.82. The molecular formula is C11H16N4O2. The minimum absolute atomic E-state index is 0.0161. The number of anilines is 1. The predicted octanol–water partition coefficient (Wildman–Crippen LogP) is -0.959. The number of primary amides is 2. The number of rotatable bonds is 6. The van der Waals surface area contributed by atoms with E-state index in [2.05, 4.69) is 0 Å². The number of nitrogen functional groups attached to an aromatic ring is 1. The molecule has 6 N–H and O–H groups in total. The Labute approximate surface area is 99.4 Å². The molecule has 0 saturated carbocycles. The van der Waals surface area contributed by atoms with Crippen LogP contribution in [0, 0.1) is 0 Å². The molecule has 0 radical (unpaired) electrons. The first-order chi connectivity index (χ1) is 7.97. The lowest BCUT2D eigenvalue weighted by atomic mass is 10.2. The van der Waals surface area contributed by atoms with E-state index in [1.807, 2.05) is 6.07 Å². The number of carbonyl (C=O) groups is 2. The van der Waals surface area contributed by atoms with E-state index in [4.69, 9.17) is 17.2 Å². The SMILES string of the molecule is NC(=O)CN(CC(N)=O)Cc1cccc(N)c1. The highest BCUT2D eigenvalue weighted by molar-refractivity contribution is 5.79. The molecule has 17 heavy (non-hydrogen) atoms. The smallest absolute Gasteiger partial charge is 0.231 e. The van der Waals surface area contributed by atoms with Crippen molar-refractivity contribution in [2.75, 3.05) is 18.8 Å². The lowest BCUT2D eigenvalue weighted by molar-refractivity contribution is -0.122. The third-order valence-electron chi connectivity index (χ3n) is 2.12. The summed E-state index contributed by atoms with van der Waals surface area (Å²) >= 11 is 0. The van der Waals surface area contributed by atoms with Gasteiger partial charge in [-0.1, -0.05) is 12.1 Å². The fourth-order valence-electron chi connectivity index (χ4n) is 1.56. The molecule has 0 fully saturated rings. The van der Waals surface area contributed by atoms with Crippen molar-refractivity contribution < 1.29 is 9.59 Å². The second-order valence-electron chi connectivity index (χ2n) is 3.82. The van der Waals surface area contributed by atoms with Crippen LogP contribution < -0.4 is 17.2 Å². The molecule has 0 aliphatic rings. The Hall–Kier alpha value is -2.08. The summed E-state index contributed by atoms with van der Waals surface area (Å²) in [6, 6.07) is 7.19. The van der Waals surface area contributed by atoms with Crippen LogP contribution in [-0.2, 0) is 16.1 Å². The predicted molar refractivity (Wildman–Crippen MR) is 64.5 cm³/mol. The molecule has 0 heterocycles. The summed E-state index contributed by atoms with van der Waals surface area (Å²) in [4.78, 5) is 23.3. The van der Waals surface area contributed by atoms with E-state index < -0.39 is 11.8 Å². The first-order valence-corrected chi connectivity index (χ1v) is 5.10. The van der Waals surface area contributed by atoms with Crippen molar-refractivity contribution in [3.05, 3.63) is 29.8 Å². The molecule has 1 aromatic rings. The number of hydrogen-bond donors (Lipinski definition) is 3. The van der Waals surface area contributed by atoms with Gasteiger partial charge in [-0.2, -0.15) is 0 Å². The molecule has 0 bridgehead atoms. The number of nitrogens with zero attached hydrogens (tertiary/aromatic N) is 1. The molecule has 6 nitrogen and oxygen atoms in total. The van der Waals surface area contributed by atoms with Gasteiger partial charge in [0.2, 0.25) is 11.8 Å². The van der Waals surface area contributed by atoms with Gasteiger partial charge in [-0.25, -0.2) is 0 Å². The van der Waals surface area contributed by atoms with Crippen LogP contribution in [0.1, 0.15) is 5.56 Å². The zero-order valence-electron chi connectivity index (χ0n) is 9.43. The molecule has 1 aromatic carbocycles.